The molecule has 1 atom stereocenters. The summed E-state index contributed by atoms with van der Waals surface area (Å²) in [6.45, 7) is 10.9. The molecular weight excluding hydrogens is 318 g/mol. The monoisotopic (exact) mass is 347 g/mol. The molecular formula is C19H29N3O3. The lowest BCUT2D eigenvalue weighted by molar-refractivity contribution is -0.138. The Balaban J connectivity index is 2.79. The molecule has 1 aromatic carbocycles. The fourth-order valence-electron chi connectivity index (χ4n) is 2.82. The second-order valence-electron chi connectivity index (χ2n) is 6.94. The fraction of sp³-hybridized carbons (Fsp3) is 0.526. The molecule has 0 bridgehead atoms. The number of nitrogens with one attached hydrogen (secondary N) is 2. The first-order chi connectivity index (χ1) is 11.5. The zero-order valence-corrected chi connectivity index (χ0v) is 16.2. The molecule has 0 aliphatic rings. The van der Waals surface area contributed by atoms with Crippen LogP contribution in [0.2, 0.25) is 0 Å². The van der Waals surface area contributed by atoms with Crippen LogP contribution in [0.5, 0.6) is 0 Å². The van der Waals surface area contributed by atoms with Gasteiger partial charge in [0.25, 0.3) is 0 Å². The number of amides is 3. The van der Waals surface area contributed by atoms with Crippen molar-refractivity contribution < 1.29 is 14.4 Å². The topological polar surface area (TPSA) is 78.5 Å². The average molecular weight is 347 g/mol. The highest BCUT2D eigenvalue weighted by Gasteiger charge is 2.27. The molecule has 6 nitrogen and oxygen atoms in total. The summed E-state index contributed by atoms with van der Waals surface area (Å²) in [5, 5.41) is 5.53. The Kier molecular flexibility index (Phi) is 7.15. The number of likely N-dealkylation sites (N-methyl/N-ethyl adjacent to an activating group) is 1. The summed E-state index contributed by atoms with van der Waals surface area (Å²) < 4.78 is 0. The van der Waals surface area contributed by atoms with Gasteiger partial charge in [0.1, 0.15) is 6.04 Å². The summed E-state index contributed by atoms with van der Waals surface area (Å²) in [7, 11) is 1.56. The van der Waals surface area contributed by atoms with Crippen molar-refractivity contribution in [3.63, 3.8) is 0 Å². The number of aryl methyl sites for hydroxylation is 3. The summed E-state index contributed by atoms with van der Waals surface area (Å²) in [6, 6.07) is 3.37. The lowest BCUT2D eigenvalue weighted by Gasteiger charge is -2.26. The summed E-state index contributed by atoms with van der Waals surface area (Å²) in [4.78, 5) is 37.5. The van der Waals surface area contributed by atoms with E-state index in [0.717, 1.165) is 22.4 Å². The van der Waals surface area contributed by atoms with E-state index in [1.54, 1.807) is 7.05 Å². The SMILES string of the molecule is CC(=O)NC(C(=O)N(C)CC(=O)Nc1c(C)cc(C)cc1C)C(C)C. The van der Waals surface area contributed by atoms with Gasteiger partial charge in [0.2, 0.25) is 17.7 Å². The molecule has 0 saturated heterocycles. The molecule has 1 rings (SSSR count). The number of carbonyl (C=O) groups is 3. The van der Waals surface area contributed by atoms with Crippen LogP contribution in [0.15, 0.2) is 12.1 Å². The van der Waals surface area contributed by atoms with E-state index in [0.29, 0.717) is 0 Å². The first-order valence-corrected chi connectivity index (χ1v) is 8.42. The normalized spacial score (nSPS) is 11.8. The highest BCUT2D eigenvalue weighted by atomic mass is 16.2. The van der Waals surface area contributed by atoms with Crippen molar-refractivity contribution in [1.29, 1.82) is 0 Å². The Morgan fingerprint density at radius 1 is 1.08 bits per heavy atom. The molecule has 0 aliphatic heterocycles. The number of anilines is 1. The Bertz CT molecular complexity index is 645. The summed E-state index contributed by atoms with van der Waals surface area (Å²) >= 11 is 0. The van der Waals surface area contributed by atoms with Gasteiger partial charge in [0.15, 0.2) is 0 Å². The molecule has 0 aromatic heterocycles. The first-order valence-electron chi connectivity index (χ1n) is 8.42. The minimum atomic E-state index is -0.641. The van der Waals surface area contributed by atoms with Crippen molar-refractivity contribution in [1.82, 2.24) is 10.2 Å². The predicted molar refractivity (Wildman–Crippen MR) is 99.4 cm³/mol. The van der Waals surface area contributed by atoms with Crippen molar-refractivity contribution in [2.24, 2.45) is 5.92 Å². The lowest BCUT2D eigenvalue weighted by Crippen LogP contribution is -2.51. The van der Waals surface area contributed by atoms with Crippen LogP contribution in [0, 0.1) is 26.7 Å². The number of hydrogen-bond acceptors (Lipinski definition) is 3. The first kappa shape index (κ1) is 20.7. The zero-order valence-electron chi connectivity index (χ0n) is 16.2. The third kappa shape index (κ3) is 5.89. The van der Waals surface area contributed by atoms with Crippen molar-refractivity contribution in [2.45, 2.75) is 47.6 Å². The van der Waals surface area contributed by atoms with Gasteiger partial charge in [-0.1, -0.05) is 31.5 Å². The molecule has 0 radical (unpaired) electrons. The number of carbonyl (C=O) groups excluding carboxylic acids is 3. The van der Waals surface area contributed by atoms with E-state index in [2.05, 4.69) is 10.6 Å². The molecule has 0 aliphatic carbocycles. The van der Waals surface area contributed by atoms with Gasteiger partial charge in [0.05, 0.1) is 6.54 Å². The van der Waals surface area contributed by atoms with E-state index in [1.165, 1.54) is 11.8 Å². The van der Waals surface area contributed by atoms with E-state index in [9.17, 15) is 14.4 Å². The van der Waals surface area contributed by atoms with Crippen LogP contribution in [-0.2, 0) is 14.4 Å². The largest absolute Gasteiger partial charge is 0.344 e. The summed E-state index contributed by atoms with van der Waals surface area (Å²) in [6.07, 6.45) is 0. The standard InChI is InChI=1S/C19H29N3O3/c1-11(2)17(20-15(6)23)19(25)22(7)10-16(24)21-18-13(4)8-12(3)9-14(18)5/h8-9,11,17H,10H2,1-7H3,(H,20,23)(H,21,24). The minimum Gasteiger partial charge on any atom is -0.344 e. The average Bonchev–Trinajstić information content (AvgIpc) is 2.47. The van der Waals surface area contributed by atoms with E-state index in [-0.39, 0.29) is 30.2 Å². The van der Waals surface area contributed by atoms with Gasteiger partial charge in [0, 0.05) is 19.7 Å². The van der Waals surface area contributed by atoms with Crippen LogP contribution >= 0.6 is 0 Å². The maximum atomic E-state index is 12.5. The van der Waals surface area contributed by atoms with Gasteiger partial charge in [-0.25, -0.2) is 0 Å². The van der Waals surface area contributed by atoms with Crippen LogP contribution in [0.4, 0.5) is 5.69 Å². The van der Waals surface area contributed by atoms with Crippen molar-refractivity contribution in [3.05, 3.63) is 28.8 Å². The smallest absolute Gasteiger partial charge is 0.245 e. The van der Waals surface area contributed by atoms with Gasteiger partial charge in [-0.2, -0.15) is 0 Å². The fourth-order valence-corrected chi connectivity index (χ4v) is 2.82. The van der Waals surface area contributed by atoms with Crippen molar-refractivity contribution >= 4 is 23.4 Å². The van der Waals surface area contributed by atoms with Crippen LogP contribution in [0.1, 0.15) is 37.5 Å². The molecule has 0 spiro atoms. The number of rotatable bonds is 6. The number of benzene rings is 1. The maximum absolute atomic E-state index is 12.5. The number of nitrogens with zero attached hydrogens (tertiary/aromatic N) is 1. The Labute approximate surface area is 150 Å². The second-order valence-corrected chi connectivity index (χ2v) is 6.94. The quantitative estimate of drug-likeness (QED) is 0.828. The van der Waals surface area contributed by atoms with Crippen LogP contribution in [0.3, 0.4) is 0 Å². The van der Waals surface area contributed by atoms with Gasteiger partial charge in [-0.15, -0.1) is 0 Å². The Morgan fingerprint density at radius 2 is 1.60 bits per heavy atom. The molecule has 1 aromatic rings. The minimum absolute atomic E-state index is 0.0662. The summed E-state index contributed by atoms with van der Waals surface area (Å²) in [5.74, 6) is -0.881. The lowest BCUT2D eigenvalue weighted by atomic mass is 10.0. The van der Waals surface area contributed by atoms with E-state index in [1.807, 2.05) is 46.8 Å². The molecule has 0 saturated carbocycles. The number of hydrogen-bond donors (Lipinski definition) is 2. The van der Waals surface area contributed by atoms with E-state index < -0.39 is 6.04 Å². The third-order valence-electron chi connectivity index (χ3n) is 3.99. The second kappa shape index (κ2) is 8.65. The highest BCUT2D eigenvalue weighted by molar-refractivity contribution is 5.97. The molecule has 1 unspecified atom stereocenters. The zero-order chi connectivity index (χ0) is 19.3. The molecule has 2 N–H and O–H groups in total. The Hall–Kier alpha value is -2.37. The predicted octanol–water partition coefficient (Wildman–Crippen LogP) is 2.17. The molecule has 25 heavy (non-hydrogen) atoms. The molecule has 0 heterocycles. The van der Waals surface area contributed by atoms with E-state index >= 15 is 0 Å². The van der Waals surface area contributed by atoms with E-state index in [4.69, 9.17) is 0 Å². The van der Waals surface area contributed by atoms with Crippen molar-refractivity contribution in [3.8, 4) is 0 Å². The summed E-state index contributed by atoms with van der Waals surface area (Å²) in [5.41, 5.74) is 3.88. The molecule has 138 valence electrons. The van der Waals surface area contributed by atoms with Gasteiger partial charge in [-0.05, 0) is 37.8 Å². The van der Waals surface area contributed by atoms with Crippen molar-refractivity contribution in [2.75, 3.05) is 18.9 Å². The van der Waals surface area contributed by atoms with Gasteiger partial charge < -0.3 is 15.5 Å². The van der Waals surface area contributed by atoms with Crippen LogP contribution < -0.4 is 10.6 Å². The Morgan fingerprint density at radius 3 is 2.04 bits per heavy atom. The third-order valence-corrected chi connectivity index (χ3v) is 3.99. The van der Waals surface area contributed by atoms with Gasteiger partial charge in [-0.3, -0.25) is 14.4 Å². The molecule has 3 amide bonds. The van der Waals surface area contributed by atoms with Crippen LogP contribution in [-0.4, -0.2) is 42.3 Å². The van der Waals surface area contributed by atoms with Gasteiger partial charge >= 0.3 is 0 Å². The maximum Gasteiger partial charge on any atom is 0.245 e. The molecule has 6 heteroatoms. The van der Waals surface area contributed by atoms with Crippen LogP contribution in [0.25, 0.3) is 0 Å². The highest BCUT2D eigenvalue weighted by Crippen LogP contribution is 2.21. The molecule has 0 fully saturated rings.